The molecule has 0 saturated heterocycles. The second kappa shape index (κ2) is 4.78. The number of halogens is 3. The normalized spacial score (nSPS) is 17.9. The maximum Gasteiger partial charge on any atom is 0.416 e. The summed E-state index contributed by atoms with van der Waals surface area (Å²) < 4.78 is 40.1. The minimum absolute atomic E-state index is 0.0234. The first-order valence-electron chi connectivity index (χ1n) is 6.78. The Labute approximate surface area is 129 Å². The van der Waals surface area contributed by atoms with Gasteiger partial charge in [-0.2, -0.15) is 13.2 Å². The Balaban J connectivity index is 1.77. The van der Waals surface area contributed by atoms with Gasteiger partial charge in [-0.05, 0) is 29.8 Å². The van der Waals surface area contributed by atoms with E-state index in [1.807, 2.05) is 24.3 Å². The number of benzene rings is 2. The zero-order chi connectivity index (χ0) is 15.3. The van der Waals surface area contributed by atoms with E-state index in [9.17, 15) is 13.2 Å². The highest BCUT2D eigenvalue weighted by Gasteiger charge is 2.32. The molecule has 22 heavy (non-hydrogen) atoms. The summed E-state index contributed by atoms with van der Waals surface area (Å²) in [6, 6.07) is 13.2. The van der Waals surface area contributed by atoms with Crippen molar-refractivity contribution < 1.29 is 13.2 Å². The van der Waals surface area contributed by atoms with Crippen molar-refractivity contribution >= 4 is 22.8 Å². The second-order valence-electron chi connectivity index (χ2n) is 5.17. The van der Waals surface area contributed by atoms with Gasteiger partial charge in [0.05, 0.1) is 22.3 Å². The Morgan fingerprint density at radius 2 is 1.77 bits per heavy atom. The quantitative estimate of drug-likeness (QED) is 0.638. The summed E-state index contributed by atoms with van der Waals surface area (Å²) in [5, 5.41) is -0.0234. The Hall–Kier alpha value is -1.95. The number of hydrogen-bond donors (Lipinski definition) is 0. The van der Waals surface area contributed by atoms with E-state index in [1.54, 1.807) is 23.9 Å². The van der Waals surface area contributed by atoms with Gasteiger partial charge in [-0.25, -0.2) is 4.98 Å². The molecule has 1 atom stereocenters. The fraction of sp³-hybridized carbons (Fsp3) is 0.188. The van der Waals surface area contributed by atoms with Crippen LogP contribution in [0.25, 0.3) is 11.0 Å². The summed E-state index contributed by atoms with van der Waals surface area (Å²) in [5.74, 6) is 1.73. The molecule has 1 aliphatic heterocycles. The van der Waals surface area contributed by atoms with E-state index >= 15 is 0 Å². The lowest BCUT2D eigenvalue weighted by atomic mass is 10.1. The van der Waals surface area contributed by atoms with Crippen molar-refractivity contribution in [2.75, 3.05) is 0 Å². The summed E-state index contributed by atoms with van der Waals surface area (Å²) in [6.45, 7) is 0. The molecule has 0 radical (unpaired) electrons. The fourth-order valence-electron chi connectivity index (χ4n) is 2.77. The Morgan fingerprint density at radius 1 is 1.05 bits per heavy atom. The van der Waals surface area contributed by atoms with Gasteiger partial charge < -0.3 is 4.57 Å². The van der Waals surface area contributed by atoms with Crippen LogP contribution >= 0.6 is 11.8 Å². The molecule has 112 valence electrons. The molecule has 2 nitrogen and oxygen atoms in total. The van der Waals surface area contributed by atoms with Crippen molar-refractivity contribution in [1.29, 1.82) is 0 Å². The van der Waals surface area contributed by atoms with Gasteiger partial charge in [-0.15, -0.1) is 11.8 Å². The van der Waals surface area contributed by atoms with Crippen molar-refractivity contribution in [2.45, 2.75) is 17.3 Å². The van der Waals surface area contributed by atoms with Crippen LogP contribution in [0.5, 0.6) is 0 Å². The van der Waals surface area contributed by atoms with Crippen LogP contribution in [0.1, 0.15) is 22.3 Å². The molecule has 4 rings (SSSR count). The number of para-hydroxylation sites is 2. The molecular formula is C16H11F3N2S. The van der Waals surface area contributed by atoms with Crippen LogP contribution in [0.2, 0.25) is 0 Å². The summed E-state index contributed by atoms with van der Waals surface area (Å²) in [5.41, 5.74) is 2.19. The Morgan fingerprint density at radius 3 is 2.50 bits per heavy atom. The highest BCUT2D eigenvalue weighted by atomic mass is 32.2. The highest BCUT2D eigenvalue weighted by Crippen LogP contribution is 2.43. The molecule has 0 spiro atoms. The maximum atomic E-state index is 12.7. The lowest BCUT2D eigenvalue weighted by Crippen LogP contribution is -2.07. The number of hydrogen-bond acceptors (Lipinski definition) is 2. The molecule has 3 aromatic rings. The van der Waals surface area contributed by atoms with Gasteiger partial charge >= 0.3 is 6.18 Å². The van der Waals surface area contributed by atoms with Gasteiger partial charge in [-0.1, -0.05) is 24.3 Å². The van der Waals surface area contributed by atoms with Crippen molar-refractivity contribution in [3.05, 3.63) is 65.5 Å². The van der Waals surface area contributed by atoms with E-state index in [0.717, 1.165) is 40.3 Å². The third kappa shape index (κ3) is 2.09. The molecule has 0 fully saturated rings. The minimum Gasteiger partial charge on any atom is -0.310 e. The molecule has 0 N–H and O–H groups in total. The summed E-state index contributed by atoms with van der Waals surface area (Å²) in [7, 11) is 0. The van der Waals surface area contributed by atoms with Gasteiger partial charge in [0.25, 0.3) is 0 Å². The van der Waals surface area contributed by atoms with Gasteiger partial charge in [0.2, 0.25) is 0 Å². The fourth-order valence-corrected chi connectivity index (χ4v) is 4.01. The number of thioether (sulfide) groups is 1. The predicted molar refractivity (Wildman–Crippen MR) is 80.6 cm³/mol. The van der Waals surface area contributed by atoms with Gasteiger partial charge in [0.1, 0.15) is 11.2 Å². The van der Waals surface area contributed by atoms with Crippen LogP contribution in [0.3, 0.4) is 0 Å². The first kappa shape index (κ1) is 13.7. The second-order valence-corrected chi connectivity index (χ2v) is 6.24. The van der Waals surface area contributed by atoms with Crippen molar-refractivity contribution in [2.24, 2.45) is 0 Å². The van der Waals surface area contributed by atoms with Crippen LogP contribution in [0.4, 0.5) is 13.2 Å². The molecule has 6 heteroatoms. The lowest BCUT2D eigenvalue weighted by molar-refractivity contribution is -0.137. The first-order chi connectivity index (χ1) is 10.5. The molecule has 2 aromatic carbocycles. The van der Waals surface area contributed by atoms with Crippen LogP contribution in [-0.2, 0) is 11.9 Å². The number of fused-ring (bicyclic) bond motifs is 3. The molecule has 0 saturated carbocycles. The van der Waals surface area contributed by atoms with Crippen molar-refractivity contribution in [1.82, 2.24) is 9.55 Å². The molecule has 1 aromatic heterocycles. The molecule has 0 aliphatic carbocycles. The first-order valence-corrected chi connectivity index (χ1v) is 7.83. The number of rotatable bonds is 1. The maximum absolute atomic E-state index is 12.7. The SMILES string of the molecule is FC(F)(F)c1ccc([C@H]2SCc3nc4ccccc4n32)cc1. The standard InChI is InChI=1S/C16H11F3N2S/c17-16(18,19)11-7-5-10(6-8-11)15-21-13-4-2-1-3-12(13)20-14(21)9-22-15/h1-8,15H,9H2/t15-/m1/s1. The largest absolute Gasteiger partial charge is 0.416 e. The zero-order valence-corrected chi connectivity index (χ0v) is 12.2. The third-order valence-corrected chi connectivity index (χ3v) is 5.02. The highest BCUT2D eigenvalue weighted by molar-refractivity contribution is 7.99. The summed E-state index contributed by atoms with van der Waals surface area (Å²) in [4.78, 5) is 4.59. The number of alkyl halides is 3. The van der Waals surface area contributed by atoms with Crippen LogP contribution in [-0.4, -0.2) is 9.55 Å². The van der Waals surface area contributed by atoms with Crippen LogP contribution in [0.15, 0.2) is 48.5 Å². The number of imidazole rings is 1. The molecule has 0 amide bonds. The Kier molecular flexibility index (Phi) is 2.97. The topological polar surface area (TPSA) is 17.8 Å². The average molecular weight is 320 g/mol. The number of aromatic nitrogens is 2. The van der Waals surface area contributed by atoms with Gasteiger partial charge in [-0.3, -0.25) is 0 Å². The van der Waals surface area contributed by atoms with Crippen LogP contribution < -0.4 is 0 Å². The Bertz CT molecular complexity index is 837. The van der Waals surface area contributed by atoms with Crippen molar-refractivity contribution in [3.63, 3.8) is 0 Å². The van der Waals surface area contributed by atoms with Gasteiger partial charge in [0.15, 0.2) is 0 Å². The van der Waals surface area contributed by atoms with E-state index in [4.69, 9.17) is 0 Å². The smallest absolute Gasteiger partial charge is 0.310 e. The molecule has 1 aliphatic rings. The molecular weight excluding hydrogens is 309 g/mol. The average Bonchev–Trinajstić information content (AvgIpc) is 3.05. The zero-order valence-electron chi connectivity index (χ0n) is 11.3. The number of nitrogens with zero attached hydrogens (tertiary/aromatic N) is 2. The monoisotopic (exact) mass is 320 g/mol. The van der Waals surface area contributed by atoms with E-state index < -0.39 is 11.7 Å². The third-order valence-electron chi connectivity index (χ3n) is 3.80. The predicted octanol–water partition coefficient (Wildman–Crippen LogP) is 4.85. The van der Waals surface area contributed by atoms with Crippen LogP contribution in [0, 0.1) is 0 Å². The minimum atomic E-state index is -4.30. The molecule has 0 bridgehead atoms. The van der Waals surface area contributed by atoms with Gasteiger partial charge in [0, 0.05) is 0 Å². The molecule has 0 unspecified atom stereocenters. The lowest BCUT2D eigenvalue weighted by Gasteiger charge is -2.15. The van der Waals surface area contributed by atoms with E-state index in [2.05, 4.69) is 9.55 Å². The van der Waals surface area contributed by atoms with E-state index in [1.165, 1.54) is 0 Å². The molecule has 2 heterocycles. The summed E-state index contributed by atoms with van der Waals surface area (Å²) in [6.07, 6.45) is -4.30. The van der Waals surface area contributed by atoms with E-state index in [0.29, 0.717) is 0 Å². The summed E-state index contributed by atoms with van der Waals surface area (Å²) >= 11 is 1.68. The van der Waals surface area contributed by atoms with Crippen molar-refractivity contribution in [3.8, 4) is 0 Å². The van der Waals surface area contributed by atoms with E-state index in [-0.39, 0.29) is 5.37 Å².